The van der Waals surface area contributed by atoms with Crippen molar-refractivity contribution in [2.45, 2.75) is 83.5 Å². The summed E-state index contributed by atoms with van der Waals surface area (Å²) in [5.74, 6) is 0.705. The van der Waals surface area contributed by atoms with Crippen LogP contribution in [-0.2, 0) is 4.79 Å². The van der Waals surface area contributed by atoms with Gasteiger partial charge in [-0.25, -0.2) is 0 Å². The zero-order chi connectivity index (χ0) is 16.9. The number of aldehydes is 1. The quantitative estimate of drug-likeness (QED) is 0.624. The monoisotopic (exact) mass is 329 g/mol. The maximum atomic E-state index is 11.6. The molecule has 2 unspecified atom stereocenters. The molecule has 24 heavy (non-hydrogen) atoms. The lowest BCUT2D eigenvalue weighted by Gasteiger charge is -2.23. The first-order valence-electron chi connectivity index (χ1n) is 10.2. The molecule has 1 aliphatic carbocycles. The molecule has 134 valence electrons. The summed E-state index contributed by atoms with van der Waals surface area (Å²) in [5.41, 5.74) is 1.29. The molecule has 2 atom stereocenters. The summed E-state index contributed by atoms with van der Waals surface area (Å²) in [7, 11) is 0. The lowest BCUT2D eigenvalue weighted by atomic mass is 9.85. The maximum Gasteiger partial charge on any atom is 0.123 e. The van der Waals surface area contributed by atoms with Gasteiger partial charge in [-0.05, 0) is 37.3 Å². The second kappa shape index (κ2) is 12.1. The fraction of sp³-hybridized carbons (Fsp3) is 0.682. The van der Waals surface area contributed by atoms with E-state index in [-0.39, 0.29) is 5.92 Å². The highest BCUT2D eigenvalue weighted by atomic mass is 16.1. The summed E-state index contributed by atoms with van der Waals surface area (Å²) >= 11 is 0. The highest BCUT2D eigenvalue weighted by Gasteiger charge is 2.19. The summed E-state index contributed by atoms with van der Waals surface area (Å²) in [4.78, 5) is 11.6. The summed E-state index contributed by atoms with van der Waals surface area (Å²) < 4.78 is 0. The first-order valence-corrected chi connectivity index (χ1v) is 10.2. The predicted octanol–water partition coefficient (Wildman–Crippen LogP) is 6.06. The Morgan fingerprint density at radius 2 is 1.42 bits per heavy atom. The third-order valence-corrected chi connectivity index (χ3v) is 5.44. The molecule has 0 aromatic heterocycles. The molecule has 0 aromatic carbocycles. The molecule has 1 saturated carbocycles. The first-order chi connectivity index (χ1) is 11.9. The summed E-state index contributed by atoms with van der Waals surface area (Å²) in [6.45, 7) is 0. The van der Waals surface area contributed by atoms with E-state index in [0.29, 0.717) is 5.92 Å². The zero-order valence-corrected chi connectivity index (χ0v) is 15.2. The number of hydrogen-bond acceptors (Lipinski definition) is 2. The SMILES string of the molecule is O=CC1CCCCCCCCCCCCC(C2=CC=CC=CN2)C1. The van der Waals surface area contributed by atoms with Crippen LogP contribution < -0.4 is 5.32 Å². The van der Waals surface area contributed by atoms with Crippen LogP contribution >= 0.6 is 0 Å². The molecule has 1 N–H and O–H groups in total. The van der Waals surface area contributed by atoms with E-state index in [2.05, 4.69) is 23.5 Å². The minimum atomic E-state index is 0.221. The molecule has 0 spiro atoms. The number of nitrogens with one attached hydrogen (secondary N) is 1. The number of hydrogen-bond donors (Lipinski definition) is 1. The van der Waals surface area contributed by atoms with Gasteiger partial charge in [-0.2, -0.15) is 0 Å². The Morgan fingerprint density at radius 1 is 0.792 bits per heavy atom. The second-order valence-corrected chi connectivity index (χ2v) is 7.45. The summed E-state index contributed by atoms with van der Waals surface area (Å²) in [6, 6.07) is 0. The molecular formula is C22H35NO. The molecule has 2 rings (SSSR count). The van der Waals surface area contributed by atoms with Gasteiger partial charge < -0.3 is 10.1 Å². The average Bonchev–Trinajstić information content (AvgIpc) is 2.89. The lowest BCUT2D eigenvalue weighted by Crippen LogP contribution is -2.19. The average molecular weight is 330 g/mol. The number of carbonyl (C=O) groups is 1. The minimum Gasteiger partial charge on any atom is -0.365 e. The van der Waals surface area contributed by atoms with Crippen LogP contribution in [0.2, 0.25) is 0 Å². The van der Waals surface area contributed by atoms with Crippen molar-refractivity contribution in [3.63, 3.8) is 0 Å². The van der Waals surface area contributed by atoms with Crippen LogP contribution in [0.1, 0.15) is 83.5 Å². The minimum absolute atomic E-state index is 0.221. The van der Waals surface area contributed by atoms with Crippen molar-refractivity contribution in [3.05, 3.63) is 36.2 Å². The molecule has 2 nitrogen and oxygen atoms in total. The lowest BCUT2D eigenvalue weighted by molar-refractivity contribution is -0.111. The van der Waals surface area contributed by atoms with E-state index in [1.807, 2.05) is 12.3 Å². The van der Waals surface area contributed by atoms with Gasteiger partial charge in [0.15, 0.2) is 0 Å². The van der Waals surface area contributed by atoms with Gasteiger partial charge in [0.05, 0.1) is 0 Å². The second-order valence-electron chi connectivity index (χ2n) is 7.45. The van der Waals surface area contributed by atoms with Gasteiger partial charge in [0.25, 0.3) is 0 Å². The summed E-state index contributed by atoms with van der Waals surface area (Å²) in [6.07, 6.45) is 28.3. The van der Waals surface area contributed by atoms with E-state index in [0.717, 1.165) is 12.8 Å². The maximum absolute atomic E-state index is 11.6. The number of allylic oxidation sites excluding steroid dienone is 5. The van der Waals surface area contributed by atoms with Crippen molar-refractivity contribution in [3.8, 4) is 0 Å². The Balaban J connectivity index is 1.97. The van der Waals surface area contributed by atoms with Gasteiger partial charge in [-0.15, -0.1) is 0 Å². The van der Waals surface area contributed by atoms with Crippen molar-refractivity contribution in [2.75, 3.05) is 0 Å². The van der Waals surface area contributed by atoms with E-state index >= 15 is 0 Å². The summed E-state index contributed by atoms with van der Waals surface area (Å²) in [5, 5.41) is 3.44. The Morgan fingerprint density at radius 3 is 2.08 bits per heavy atom. The molecule has 1 aliphatic heterocycles. The van der Waals surface area contributed by atoms with Crippen LogP contribution in [-0.4, -0.2) is 6.29 Å². The van der Waals surface area contributed by atoms with Crippen LogP contribution in [0.15, 0.2) is 36.2 Å². The molecule has 0 amide bonds. The van der Waals surface area contributed by atoms with Gasteiger partial charge in [0, 0.05) is 17.8 Å². The van der Waals surface area contributed by atoms with Gasteiger partial charge in [-0.3, -0.25) is 0 Å². The van der Waals surface area contributed by atoms with Crippen molar-refractivity contribution < 1.29 is 4.79 Å². The van der Waals surface area contributed by atoms with Crippen molar-refractivity contribution >= 4 is 6.29 Å². The van der Waals surface area contributed by atoms with E-state index in [1.165, 1.54) is 82.6 Å². The van der Waals surface area contributed by atoms with Crippen molar-refractivity contribution in [1.82, 2.24) is 5.32 Å². The fourth-order valence-corrected chi connectivity index (χ4v) is 3.94. The van der Waals surface area contributed by atoms with E-state index < -0.39 is 0 Å². The Bertz CT molecular complexity index is 435. The smallest absolute Gasteiger partial charge is 0.123 e. The molecule has 2 heteroatoms. The van der Waals surface area contributed by atoms with E-state index in [4.69, 9.17) is 0 Å². The van der Waals surface area contributed by atoms with E-state index in [9.17, 15) is 4.79 Å². The molecule has 2 aliphatic rings. The highest BCUT2D eigenvalue weighted by molar-refractivity contribution is 5.53. The molecule has 1 heterocycles. The number of carbonyl (C=O) groups excluding carboxylic acids is 1. The Labute approximate surface area is 148 Å². The van der Waals surface area contributed by atoms with Gasteiger partial charge in [0.1, 0.15) is 6.29 Å². The molecule has 0 saturated heterocycles. The Kier molecular flexibility index (Phi) is 9.60. The van der Waals surface area contributed by atoms with Gasteiger partial charge >= 0.3 is 0 Å². The number of rotatable bonds is 2. The van der Waals surface area contributed by atoms with E-state index in [1.54, 1.807) is 0 Å². The van der Waals surface area contributed by atoms with Crippen molar-refractivity contribution in [2.24, 2.45) is 11.8 Å². The topological polar surface area (TPSA) is 29.1 Å². The van der Waals surface area contributed by atoms with Crippen molar-refractivity contribution in [1.29, 1.82) is 0 Å². The van der Waals surface area contributed by atoms with Crippen LogP contribution in [0.5, 0.6) is 0 Å². The standard InChI is InChI=1S/C22H35NO/c24-19-20-14-10-7-5-3-1-2-4-6-8-11-15-21(18-20)22-16-12-9-13-17-23-22/h9,12-13,16-17,19-21,23H,1-8,10-11,14-15,18H2. The largest absolute Gasteiger partial charge is 0.365 e. The first kappa shape index (κ1) is 19.0. The fourth-order valence-electron chi connectivity index (χ4n) is 3.94. The van der Waals surface area contributed by atoms with Crippen LogP contribution in [0.3, 0.4) is 0 Å². The normalized spacial score (nSPS) is 27.9. The Hall–Kier alpha value is -1.31. The van der Waals surface area contributed by atoms with Gasteiger partial charge in [-0.1, -0.05) is 76.4 Å². The molecular weight excluding hydrogens is 294 g/mol. The molecule has 0 aromatic rings. The third kappa shape index (κ3) is 7.51. The molecule has 1 fully saturated rings. The predicted molar refractivity (Wildman–Crippen MR) is 103 cm³/mol. The highest BCUT2D eigenvalue weighted by Crippen LogP contribution is 2.28. The van der Waals surface area contributed by atoms with Crippen LogP contribution in [0, 0.1) is 11.8 Å². The van der Waals surface area contributed by atoms with Crippen LogP contribution in [0.25, 0.3) is 0 Å². The molecule has 0 radical (unpaired) electrons. The third-order valence-electron chi connectivity index (χ3n) is 5.44. The molecule has 0 bridgehead atoms. The van der Waals surface area contributed by atoms with Gasteiger partial charge in [0.2, 0.25) is 0 Å². The van der Waals surface area contributed by atoms with Crippen LogP contribution in [0.4, 0.5) is 0 Å². The zero-order valence-electron chi connectivity index (χ0n) is 15.2.